The van der Waals surface area contributed by atoms with Gasteiger partial charge in [-0.3, -0.25) is 4.79 Å². The lowest BCUT2D eigenvalue weighted by molar-refractivity contribution is 0.102. The fraction of sp³-hybridized carbons (Fsp3) is 0.0909. The first-order valence-corrected chi connectivity index (χ1v) is 9.99. The third-order valence-electron chi connectivity index (χ3n) is 4.40. The minimum Gasteiger partial charge on any atom is -0.495 e. The van der Waals surface area contributed by atoms with E-state index in [-0.39, 0.29) is 5.56 Å². The molecule has 166 valence electrons. The van der Waals surface area contributed by atoms with E-state index in [0.29, 0.717) is 33.6 Å². The number of ether oxygens (including phenoxy) is 2. The molecule has 3 rings (SSSR count). The Morgan fingerprint density at radius 3 is 2.25 bits per heavy atom. The summed E-state index contributed by atoms with van der Waals surface area (Å²) in [5.74, 6) is -0.446. The Labute approximate surface area is 194 Å². The summed E-state index contributed by atoms with van der Waals surface area (Å²) in [5, 5.41) is 5.56. The van der Waals surface area contributed by atoms with Gasteiger partial charge in [-0.25, -0.2) is 13.5 Å². The Kier molecular flexibility index (Phi) is 7.45. The van der Waals surface area contributed by atoms with E-state index in [0.717, 1.165) is 4.31 Å². The molecular weight excluding hydrogens is 457 g/mol. The standard InChI is InChI=1S/C22H19ClFN3O4S/c1-30-19-12-20(31-2)18(11-16(19)23)26-22(29)27(32)14-9-7-13(8-10-14)25-21(28)15-5-3-4-6-17(15)24/h3-12,32H,1-2H3,(H,25,28)(H,26,29). The molecule has 0 fully saturated rings. The predicted molar refractivity (Wildman–Crippen MR) is 126 cm³/mol. The molecule has 0 atom stereocenters. The minimum atomic E-state index is -0.617. The van der Waals surface area contributed by atoms with Gasteiger partial charge in [0.25, 0.3) is 5.91 Å². The Hall–Kier alpha value is -3.43. The van der Waals surface area contributed by atoms with Crippen molar-refractivity contribution >= 4 is 53.4 Å². The highest BCUT2D eigenvalue weighted by Crippen LogP contribution is 2.36. The molecule has 0 aliphatic carbocycles. The van der Waals surface area contributed by atoms with Gasteiger partial charge in [0, 0.05) is 11.8 Å². The van der Waals surface area contributed by atoms with Crippen LogP contribution < -0.4 is 24.4 Å². The Balaban J connectivity index is 1.70. The highest BCUT2D eigenvalue weighted by molar-refractivity contribution is 7.82. The second-order valence-electron chi connectivity index (χ2n) is 6.41. The maximum Gasteiger partial charge on any atom is 0.336 e. The number of anilines is 3. The maximum absolute atomic E-state index is 13.8. The first kappa shape index (κ1) is 23.2. The van der Waals surface area contributed by atoms with Crippen LogP contribution in [0.2, 0.25) is 5.02 Å². The number of halogens is 2. The highest BCUT2D eigenvalue weighted by Gasteiger charge is 2.17. The lowest BCUT2D eigenvalue weighted by atomic mass is 10.2. The van der Waals surface area contributed by atoms with Gasteiger partial charge < -0.3 is 20.1 Å². The van der Waals surface area contributed by atoms with Gasteiger partial charge in [0.2, 0.25) is 0 Å². The molecule has 3 aromatic carbocycles. The zero-order valence-electron chi connectivity index (χ0n) is 17.1. The molecule has 10 heteroatoms. The quantitative estimate of drug-likeness (QED) is 0.403. The summed E-state index contributed by atoms with van der Waals surface area (Å²) in [6, 6.07) is 14.4. The summed E-state index contributed by atoms with van der Waals surface area (Å²) in [6.45, 7) is 0. The SMILES string of the molecule is COc1cc(OC)c(NC(=O)N(S)c2ccc(NC(=O)c3ccccc3F)cc2)cc1Cl. The number of benzene rings is 3. The van der Waals surface area contributed by atoms with Crippen molar-refractivity contribution in [3.63, 3.8) is 0 Å². The van der Waals surface area contributed by atoms with Gasteiger partial charge in [0.1, 0.15) is 17.3 Å². The van der Waals surface area contributed by atoms with Gasteiger partial charge in [-0.15, -0.1) is 0 Å². The largest absolute Gasteiger partial charge is 0.495 e. The smallest absolute Gasteiger partial charge is 0.336 e. The van der Waals surface area contributed by atoms with Crippen LogP contribution in [0.15, 0.2) is 60.7 Å². The van der Waals surface area contributed by atoms with E-state index < -0.39 is 17.8 Å². The van der Waals surface area contributed by atoms with E-state index in [1.165, 1.54) is 38.5 Å². The van der Waals surface area contributed by atoms with Gasteiger partial charge in [-0.05, 0) is 42.5 Å². The Morgan fingerprint density at radius 2 is 1.62 bits per heavy atom. The number of thiol groups is 1. The second-order valence-corrected chi connectivity index (χ2v) is 7.22. The molecule has 0 aliphatic rings. The number of nitrogens with one attached hydrogen (secondary N) is 2. The molecule has 0 heterocycles. The molecule has 32 heavy (non-hydrogen) atoms. The molecule has 0 saturated carbocycles. The van der Waals surface area contributed by atoms with Crippen LogP contribution in [0.25, 0.3) is 0 Å². The zero-order valence-corrected chi connectivity index (χ0v) is 18.7. The average Bonchev–Trinajstić information content (AvgIpc) is 2.79. The second kappa shape index (κ2) is 10.3. The fourth-order valence-electron chi connectivity index (χ4n) is 2.77. The topological polar surface area (TPSA) is 79.9 Å². The average molecular weight is 476 g/mol. The number of rotatable bonds is 6. The minimum absolute atomic E-state index is 0.0705. The molecule has 3 aromatic rings. The van der Waals surface area contributed by atoms with Crippen molar-refractivity contribution in [2.75, 3.05) is 29.2 Å². The van der Waals surface area contributed by atoms with Gasteiger partial charge in [0.15, 0.2) is 0 Å². The van der Waals surface area contributed by atoms with E-state index in [1.54, 1.807) is 36.4 Å². The number of hydrogen-bond donors (Lipinski definition) is 3. The monoisotopic (exact) mass is 475 g/mol. The zero-order chi connectivity index (χ0) is 23.3. The third-order valence-corrected chi connectivity index (χ3v) is 5.10. The molecule has 7 nitrogen and oxygen atoms in total. The number of urea groups is 1. The molecule has 0 radical (unpaired) electrons. The fourth-order valence-corrected chi connectivity index (χ4v) is 3.20. The Morgan fingerprint density at radius 1 is 0.969 bits per heavy atom. The first-order chi connectivity index (χ1) is 15.3. The summed E-state index contributed by atoms with van der Waals surface area (Å²) in [4.78, 5) is 24.9. The van der Waals surface area contributed by atoms with Gasteiger partial charge in [-0.1, -0.05) is 36.5 Å². The maximum atomic E-state index is 13.8. The van der Waals surface area contributed by atoms with Crippen molar-refractivity contribution in [2.24, 2.45) is 0 Å². The lowest BCUT2D eigenvalue weighted by Gasteiger charge is -2.19. The number of hydrogen-bond acceptors (Lipinski definition) is 5. The van der Waals surface area contributed by atoms with Crippen molar-refractivity contribution in [1.82, 2.24) is 0 Å². The van der Waals surface area contributed by atoms with Crippen LogP contribution in [-0.2, 0) is 0 Å². The number of carbonyl (C=O) groups excluding carboxylic acids is 2. The Bertz CT molecular complexity index is 1140. The lowest BCUT2D eigenvalue weighted by Crippen LogP contribution is -2.27. The van der Waals surface area contributed by atoms with E-state index in [4.69, 9.17) is 21.1 Å². The van der Waals surface area contributed by atoms with Crippen LogP contribution in [0.4, 0.5) is 26.2 Å². The molecule has 0 spiro atoms. The summed E-state index contributed by atoms with van der Waals surface area (Å²) in [5.41, 5.74) is 1.11. The number of nitrogens with zero attached hydrogens (tertiary/aromatic N) is 1. The summed E-state index contributed by atoms with van der Waals surface area (Å²) in [7, 11) is 2.92. The molecule has 0 saturated heterocycles. The molecule has 0 aliphatic heterocycles. The number of methoxy groups -OCH3 is 2. The first-order valence-electron chi connectivity index (χ1n) is 9.21. The van der Waals surface area contributed by atoms with Crippen molar-refractivity contribution in [2.45, 2.75) is 0 Å². The van der Waals surface area contributed by atoms with E-state index >= 15 is 0 Å². The van der Waals surface area contributed by atoms with Gasteiger partial charge >= 0.3 is 6.03 Å². The van der Waals surface area contributed by atoms with Crippen LogP contribution in [0.5, 0.6) is 11.5 Å². The summed E-state index contributed by atoms with van der Waals surface area (Å²) in [6.07, 6.45) is 0. The molecule has 0 aromatic heterocycles. The van der Waals surface area contributed by atoms with Gasteiger partial charge in [-0.2, -0.15) is 0 Å². The third kappa shape index (κ3) is 5.24. The van der Waals surface area contributed by atoms with Crippen LogP contribution in [-0.4, -0.2) is 26.2 Å². The number of amides is 3. The normalized spacial score (nSPS) is 10.3. The molecule has 3 amide bonds. The van der Waals surface area contributed by atoms with Crippen LogP contribution >= 0.6 is 24.4 Å². The van der Waals surface area contributed by atoms with Crippen molar-refractivity contribution in [3.8, 4) is 11.5 Å². The molecule has 0 unspecified atom stereocenters. The van der Waals surface area contributed by atoms with Crippen molar-refractivity contribution in [3.05, 3.63) is 77.1 Å². The summed E-state index contributed by atoms with van der Waals surface area (Å²) >= 11 is 10.4. The highest BCUT2D eigenvalue weighted by atomic mass is 35.5. The van der Waals surface area contributed by atoms with Crippen LogP contribution in [0.3, 0.4) is 0 Å². The molecule has 0 bridgehead atoms. The van der Waals surface area contributed by atoms with Crippen molar-refractivity contribution < 1.29 is 23.5 Å². The molecular formula is C22H19ClFN3O4S. The van der Waals surface area contributed by atoms with Crippen molar-refractivity contribution in [1.29, 1.82) is 0 Å². The molecule has 2 N–H and O–H groups in total. The van der Waals surface area contributed by atoms with E-state index in [9.17, 15) is 14.0 Å². The van der Waals surface area contributed by atoms with Gasteiger partial charge in [0.05, 0.1) is 36.2 Å². The van der Waals surface area contributed by atoms with E-state index in [2.05, 4.69) is 23.4 Å². The predicted octanol–water partition coefficient (Wildman–Crippen LogP) is 5.63. The van der Waals surface area contributed by atoms with Crippen LogP contribution in [0, 0.1) is 5.82 Å². The summed E-state index contributed by atoms with van der Waals surface area (Å²) < 4.78 is 25.2. The van der Waals surface area contributed by atoms with E-state index in [1.807, 2.05) is 0 Å². The number of carbonyl (C=O) groups is 2. The van der Waals surface area contributed by atoms with Crippen LogP contribution in [0.1, 0.15) is 10.4 Å².